The largest absolute Gasteiger partial charge is 0.361 e. The summed E-state index contributed by atoms with van der Waals surface area (Å²) in [5, 5.41) is 7.38. The average Bonchev–Trinajstić information content (AvgIpc) is 3.23. The average molecular weight is 446 g/mol. The highest BCUT2D eigenvalue weighted by atomic mass is 35.5. The molecule has 0 saturated heterocycles. The molecule has 4 aromatic rings. The van der Waals surface area contributed by atoms with Crippen LogP contribution >= 0.6 is 11.6 Å². The first-order valence-electron chi connectivity index (χ1n) is 10.5. The molecule has 5 nitrogen and oxygen atoms in total. The van der Waals surface area contributed by atoms with Gasteiger partial charge >= 0.3 is 0 Å². The fraction of sp³-hybridized carbons (Fsp3) is 0.154. The van der Waals surface area contributed by atoms with Gasteiger partial charge in [-0.3, -0.25) is 9.59 Å². The standard InChI is InChI=1S/C26H24ClN3O2/c1-17-8-2-3-9-18(17)26(32)30-16-25(31)29-15-21(19-10-4-6-12-23(19)27)22-14-28-24-13-7-5-11-20(22)24/h2-14,21,28H,15-16H2,1H3,(H,29,31)(H,30,32). The van der Waals surface area contributed by atoms with Gasteiger partial charge in [-0.25, -0.2) is 0 Å². The zero-order valence-electron chi connectivity index (χ0n) is 17.7. The number of carbonyl (C=O) groups is 2. The lowest BCUT2D eigenvalue weighted by Crippen LogP contribution is -2.38. The van der Waals surface area contributed by atoms with Gasteiger partial charge in [0, 0.05) is 40.1 Å². The molecule has 3 aromatic carbocycles. The Bertz CT molecular complexity index is 1260. The summed E-state index contributed by atoms with van der Waals surface area (Å²) in [5.41, 5.74) is 4.44. The molecule has 6 heteroatoms. The number of aryl methyl sites for hydroxylation is 1. The number of hydrogen-bond donors (Lipinski definition) is 3. The first-order valence-corrected chi connectivity index (χ1v) is 10.8. The van der Waals surface area contributed by atoms with Crippen molar-refractivity contribution < 1.29 is 9.59 Å². The number of rotatable bonds is 7. The Morgan fingerprint density at radius 3 is 2.44 bits per heavy atom. The third-order valence-electron chi connectivity index (χ3n) is 5.58. The smallest absolute Gasteiger partial charge is 0.251 e. The maximum Gasteiger partial charge on any atom is 0.251 e. The molecule has 162 valence electrons. The first-order chi connectivity index (χ1) is 15.5. The molecular weight excluding hydrogens is 422 g/mol. The Morgan fingerprint density at radius 2 is 1.62 bits per heavy atom. The Kier molecular flexibility index (Phi) is 6.57. The SMILES string of the molecule is Cc1ccccc1C(=O)NCC(=O)NCC(c1ccccc1Cl)c1c[nH]c2ccccc12. The number of benzene rings is 3. The van der Waals surface area contributed by atoms with Gasteiger partial charge in [-0.15, -0.1) is 0 Å². The minimum absolute atomic E-state index is 0.101. The van der Waals surface area contributed by atoms with Crippen molar-refractivity contribution in [3.8, 4) is 0 Å². The van der Waals surface area contributed by atoms with Crippen LogP contribution in [-0.2, 0) is 4.79 Å². The fourth-order valence-corrected chi connectivity index (χ4v) is 4.16. The van der Waals surface area contributed by atoms with E-state index in [9.17, 15) is 9.59 Å². The molecule has 4 rings (SSSR count). The molecule has 0 aliphatic carbocycles. The molecule has 0 aliphatic rings. The first kappa shape index (κ1) is 21.7. The molecule has 0 saturated carbocycles. The number of aromatic nitrogens is 1. The molecule has 0 spiro atoms. The van der Waals surface area contributed by atoms with E-state index in [1.54, 1.807) is 12.1 Å². The Labute approximate surface area is 191 Å². The zero-order chi connectivity index (χ0) is 22.5. The van der Waals surface area contributed by atoms with Gasteiger partial charge in [0.25, 0.3) is 5.91 Å². The normalized spacial score (nSPS) is 11.8. The van der Waals surface area contributed by atoms with Crippen LogP contribution in [0.15, 0.2) is 79.0 Å². The second-order valence-electron chi connectivity index (χ2n) is 7.67. The van der Waals surface area contributed by atoms with E-state index < -0.39 is 0 Å². The topological polar surface area (TPSA) is 74.0 Å². The highest BCUT2D eigenvalue weighted by Crippen LogP contribution is 2.34. The number of carbonyl (C=O) groups excluding carboxylic acids is 2. The Balaban J connectivity index is 1.48. The van der Waals surface area contributed by atoms with Crippen LogP contribution in [0.1, 0.15) is 33.0 Å². The van der Waals surface area contributed by atoms with Crippen molar-refractivity contribution in [2.75, 3.05) is 13.1 Å². The Hall–Kier alpha value is -3.57. The van der Waals surface area contributed by atoms with Crippen molar-refractivity contribution in [3.05, 3.63) is 106 Å². The minimum Gasteiger partial charge on any atom is -0.361 e. The highest BCUT2D eigenvalue weighted by Gasteiger charge is 2.21. The molecular formula is C26H24ClN3O2. The number of nitrogens with one attached hydrogen (secondary N) is 3. The lowest BCUT2D eigenvalue weighted by atomic mass is 9.90. The van der Waals surface area contributed by atoms with E-state index in [0.717, 1.165) is 27.6 Å². The maximum atomic E-state index is 12.6. The van der Waals surface area contributed by atoms with E-state index in [1.165, 1.54) is 0 Å². The van der Waals surface area contributed by atoms with Gasteiger partial charge in [-0.2, -0.15) is 0 Å². The summed E-state index contributed by atoms with van der Waals surface area (Å²) in [7, 11) is 0. The molecule has 1 aromatic heterocycles. The van der Waals surface area contributed by atoms with Crippen molar-refractivity contribution in [2.24, 2.45) is 0 Å². The predicted molar refractivity (Wildman–Crippen MR) is 128 cm³/mol. The van der Waals surface area contributed by atoms with Gasteiger partial charge < -0.3 is 15.6 Å². The van der Waals surface area contributed by atoms with Gasteiger partial charge in [0.05, 0.1) is 6.54 Å². The second kappa shape index (κ2) is 9.71. The summed E-state index contributed by atoms with van der Waals surface area (Å²) in [6.07, 6.45) is 1.96. The van der Waals surface area contributed by atoms with Crippen LogP contribution < -0.4 is 10.6 Å². The predicted octanol–water partition coefficient (Wildman–Crippen LogP) is 4.81. The molecule has 1 unspecified atom stereocenters. The van der Waals surface area contributed by atoms with E-state index >= 15 is 0 Å². The summed E-state index contributed by atoms with van der Waals surface area (Å²) in [6.45, 7) is 2.12. The Morgan fingerprint density at radius 1 is 0.906 bits per heavy atom. The van der Waals surface area contributed by atoms with Crippen molar-refractivity contribution >= 4 is 34.3 Å². The number of amides is 2. The summed E-state index contributed by atoms with van der Waals surface area (Å²) < 4.78 is 0. The molecule has 0 fully saturated rings. The second-order valence-corrected chi connectivity index (χ2v) is 8.07. The third-order valence-corrected chi connectivity index (χ3v) is 5.92. The number of aromatic amines is 1. The summed E-state index contributed by atoms with van der Waals surface area (Å²) in [5.74, 6) is -0.669. The van der Waals surface area contributed by atoms with Crippen LogP contribution in [0.3, 0.4) is 0 Å². The molecule has 0 bridgehead atoms. The van der Waals surface area contributed by atoms with Crippen LogP contribution in [-0.4, -0.2) is 29.9 Å². The lowest BCUT2D eigenvalue weighted by Gasteiger charge is -2.19. The van der Waals surface area contributed by atoms with E-state index in [1.807, 2.05) is 67.7 Å². The van der Waals surface area contributed by atoms with Crippen LogP contribution in [0.25, 0.3) is 10.9 Å². The van der Waals surface area contributed by atoms with E-state index in [-0.39, 0.29) is 24.3 Å². The van der Waals surface area contributed by atoms with Crippen molar-refractivity contribution in [2.45, 2.75) is 12.8 Å². The summed E-state index contributed by atoms with van der Waals surface area (Å²) in [4.78, 5) is 28.2. The van der Waals surface area contributed by atoms with E-state index in [2.05, 4.69) is 21.7 Å². The van der Waals surface area contributed by atoms with Crippen LogP contribution in [0.5, 0.6) is 0 Å². The minimum atomic E-state index is -0.266. The van der Waals surface area contributed by atoms with Crippen LogP contribution in [0, 0.1) is 6.92 Å². The molecule has 0 radical (unpaired) electrons. The number of fused-ring (bicyclic) bond motifs is 1. The molecule has 0 aliphatic heterocycles. The van der Waals surface area contributed by atoms with Gasteiger partial charge in [0.15, 0.2) is 0 Å². The van der Waals surface area contributed by atoms with Crippen molar-refractivity contribution in [3.63, 3.8) is 0 Å². The van der Waals surface area contributed by atoms with Gasteiger partial charge in [-0.1, -0.05) is 66.2 Å². The zero-order valence-corrected chi connectivity index (χ0v) is 18.4. The van der Waals surface area contributed by atoms with Gasteiger partial charge in [-0.05, 0) is 41.8 Å². The molecule has 1 atom stereocenters. The van der Waals surface area contributed by atoms with Gasteiger partial charge in [0.1, 0.15) is 0 Å². The molecule has 3 N–H and O–H groups in total. The van der Waals surface area contributed by atoms with Gasteiger partial charge in [0.2, 0.25) is 5.91 Å². The number of H-pyrrole nitrogens is 1. The van der Waals surface area contributed by atoms with Crippen LogP contribution in [0.2, 0.25) is 5.02 Å². The van der Waals surface area contributed by atoms with E-state index in [4.69, 9.17) is 11.6 Å². The molecule has 1 heterocycles. The summed E-state index contributed by atoms with van der Waals surface area (Å²) in [6, 6.07) is 23.0. The van der Waals surface area contributed by atoms with Crippen LogP contribution in [0.4, 0.5) is 0 Å². The molecule has 2 amide bonds. The third kappa shape index (κ3) is 4.68. The van der Waals surface area contributed by atoms with E-state index in [0.29, 0.717) is 17.1 Å². The summed E-state index contributed by atoms with van der Waals surface area (Å²) >= 11 is 6.51. The number of halogens is 1. The highest BCUT2D eigenvalue weighted by molar-refractivity contribution is 6.31. The fourth-order valence-electron chi connectivity index (χ4n) is 3.89. The maximum absolute atomic E-state index is 12.6. The number of para-hydroxylation sites is 1. The van der Waals surface area contributed by atoms with Crippen molar-refractivity contribution in [1.29, 1.82) is 0 Å². The number of hydrogen-bond acceptors (Lipinski definition) is 2. The monoisotopic (exact) mass is 445 g/mol. The van der Waals surface area contributed by atoms with Crippen molar-refractivity contribution in [1.82, 2.24) is 15.6 Å². The lowest BCUT2D eigenvalue weighted by molar-refractivity contribution is -0.120. The molecule has 32 heavy (non-hydrogen) atoms. The quantitative estimate of drug-likeness (QED) is 0.382.